The normalized spacial score (nSPS) is 23.4. The van der Waals surface area contributed by atoms with Crippen LogP contribution in [0.15, 0.2) is 71.4 Å². The Morgan fingerprint density at radius 2 is 1.76 bits per heavy atom. The summed E-state index contributed by atoms with van der Waals surface area (Å²) >= 11 is 6.07. The van der Waals surface area contributed by atoms with Crippen molar-refractivity contribution in [1.82, 2.24) is 4.90 Å². The summed E-state index contributed by atoms with van der Waals surface area (Å²) in [5.41, 5.74) is 5.01. The van der Waals surface area contributed by atoms with Crippen molar-refractivity contribution in [3.8, 4) is 0 Å². The molecule has 3 heteroatoms. The summed E-state index contributed by atoms with van der Waals surface area (Å²) in [5, 5.41) is 0.765. The molecule has 0 aromatic heterocycles. The van der Waals surface area contributed by atoms with Crippen LogP contribution in [0.2, 0.25) is 5.02 Å². The van der Waals surface area contributed by atoms with E-state index < -0.39 is 0 Å². The lowest BCUT2D eigenvalue weighted by atomic mass is 9.99. The van der Waals surface area contributed by atoms with Crippen LogP contribution in [0.5, 0.6) is 0 Å². The van der Waals surface area contributed by atoms with Gasteiger partial charge in [0, 0.05) is 10.7 Å². The van der Waals surface area contributed by atoms with Gasteiger partial charge in [-0.05, 0) is 55.9 Å². The largest absolute Gasteiger partial charge is 0.341 e. The maximum atomic E-state index is 6.07. The van der Waals surface area contributed by atoms with Crippen molar-refractivity contribution in [2.75, 3.05) is 0 Å². The highest BCUT2D eigenvalue weighted by molar-refractivity contribution is 6.30. The zero-order valence-electron chi connectivity index (χ0n) is 14.5. The Morgan fingerprint density at radius 1 is 1.00 bits per heavy atom. The van der Waals surface area contributed by atoms with Gasteiger partial charge in [0.25, 0.3) is 0 Å². The SMILES string of the molecule is CC1C(c2ccc(Cl)cc2)=NC(c2ccccc2)N1C1=CCCCC1. The van der Waals surface area contributed by atoms with Crippen molar-refractivity contribution < 1.29 is 0 Å². The standard InChI is InChI=1S/C22H23ClN2/c1-16-21(17-12-14-19(23)15-13-17)24-22(18-8-4-2-5-9-18)25(16)20-10-6-3-7-11-20/h2,4-5,8-10,12-16,22H,3,6-7,11H2,1H3. The van der Waals surface area contributed by atoms with E-state index in [4.69, 9.17) is 16.6 Å². The highest BCUT2D eigenvalue weighted by Gasteiger charge is 2.36. The maximum absolute atomic E-state index is 6.07. The molecule has 2 nitrogen and oxygen atoms in total. The topological polar surface area (TPSA) is 15.6 Å². The van der Waals surface area contributed by atoms with Crippen LogP contribution in [0.1, 0.15) is 49.9 Å². The number of nitrogens with zero attached hydrogens (tertiary/aromatic N) is 2. The van der Waals surface area contributed by atoms with Crippen LogP contribution in [0.4, 0.5) is 0 Å². The van der Waals surface area contributed by atoms with Gasteiger partial charge in [0.15, 0.2) is 0 Å². The first-order chi connectivity index (χ1) is 12.2. The van der Waals surface area contributed by atoms with Crippen LogP contribution >= 0.6 is 11.6 Å². The molecule has 0 saturated carbocycles. The summed E-state index contributed by atoms with van der Waals surface area (Å²) in [6.45, 7) is 2.27. The molecular formula is C22H23ClN2. The zero-order chi connectivity index (χ0) is 17.2. The van der Waals surface area contributed by atoms with E-state index in [1.165, 1.54) is 30.5 Å². The second kappa shape index (κ2) is 7.05. The van der Waals surface area contributed by atoms with Gasteiger partial charge in [-0.15, -0.1) is 0 Å². The average Bonchev–Trinajstić information content (AvgIpc) is 3.01. The Balaban J connectivity index is 1.75. The second-order valence-corrected chi connectivity index (χ2v) is 7.27. The van der Waals surface area contributed by atoms with Gasteiger partial charge in [-0.25, -0.2) is 0 Å². The van der Waals surface area contributed by atoms with Crippen LogP contribution in [-0.4, -0.2) is 16.7 Å². The highest BCUT2D eigenvalue weighted by atomic mass is 35.5. The quantitative estimate of drug-likeness (QED) is 0.663. The summed E-state index contributed by atoms with van der Waals surface area (Å²) < 4.78 is 0. The molecular weight excluding hydrogens is 328 g/mol. The number of benzene rings is 2. The van der Waals surface area contributed by atoms with Gasteiger partial charge in [-0.3, -0.25) is 4.99 Å². The van der Waals surface area contributed by atoms with Crippen LogP contribution < -0.4 is 0 Å². The number of halogens is 1. The van der Waals surface area contributed by atoms with Crippen LogP contribution in [-0.2, 0) is 0 Å². The van der Waals surface area contributed by atoms with Crippen LogP contribution in [0.3, 0.4) is 0 Å². The molecule has 2 aromatic rings. The Bertz CT molecular complexity index is 793. The molecule has 0 N–H and O–H groups in total. The third-order valence-corrected chi connectivity index (χ3v) is 5.43. The summed E-state index contributed by atoms with van der Waals surface area (Å²) in [4.78, 5) is 7.67. The number of aliphatic imine (C=N–C) groups is 1. The molecule has 2 unspecified atom stereocenters. The minimum Gasteiger partial charge on any atom is -0.341 e. The summed E-state index contributed by atoms with van der Waals surface area (Å²) in [6, 6.07) is 19.0. The molecule has 0 saturated heterocycles. The molecule has 0 amide bonds. The molecule has 2 aromatic carbocycles. The number of rotatable bonds is 3. The third-order valence-electron chi connectivity index (χ3n) is 5.17. The van der Waals surface area contributed by atoms with Crippen molar-refractivity contribution >= 4 is 17.3 Å². The first kappa shape index (κ1) is 16.4. The van der Waals surface area contributed by atoms with Crippen molar-refractivity contribution in [2.45, 2.75) is 44.8 Å². The highest BCUT2D eigenvalue weighted by Crippen LogP contribution is 2.38. The number of allylic oxidation sites excluding steroid dienone is 2. The summed E-state index contributed by atoms with van der Waals surface area (Å²) in [6.07, 6.45) is 7.37. The molecule has 128 valence electrons. The van der Waals surface area contributed by atoms with Crippen molar-refractivity contribution in [1.29, 1.82) is 0 Å². The lowest BCUT2D eigenvalue weighted by Crippen LogP contribution is -2.34. The van der Waals surface area contributed by atoms with E-state index in [-0.39, 0.29) is 12.2 Å². The van der Waals surface area contributed by atoms with E-state index >= 15 is 0 Å². The molecule has 1 heterocycles. The smallest absolute Gasteiger partial charge is 0.147 e. The van der Waals surface area contributed by atoms with Crippen molar-refractivity contribution in [2.24, 2.45) is 4.99 Å². The molecule has 1 aliphatic heterocycles. The van der Waals surface area contributed by atoms with E-state index in [1.807, 2.05) is 12.1 Å². The van der Waals surface area contributed by atoms with Gasteiger partial charge in [0.05, 0.1) is 11.8 Å². The minimum absolute atomic E-state index is 0.0613. The predicted octanol–water partition coefficient (Wildman–Crippen LogP) is 5.99. The average molecular weight is 351 g/mol. The van der Waals surface area contributed by atoms with Crippen LogP contribution in [0, 0.1) is 0 Å². The fraction of sp³-hybridized carbons (Fsp3) is 0.318. The molecule has 2 atom stereocenters. The lowest BCUT2D eigenvalue weighted by molar-refractivity contribution is 0.253. The van der Waals surface area contributed by atoms with Gasteiger partial charge in [-0.1, -0.05) is 60.1 Å². The van der Waals surface area contributed by atoms with E-state index in [1.54, 1.807) is 0 Å². The van der Waals surface area contributed by atoms with Gasteiger partial charge < -0.3 is 4.90 Å². The summed E-state index contributed by atoms with van der Waals surface area (Å²) in [5.74, 6) is 0. The molecule has 0 bridgehead atoms. The maximum Gasteiger partial charge on any atom is 0.147 e. The van der Waals surface area contributed by atoms with E-state index in [0.717, 1.165) is 22.7 Å². The van der Waals surface area contributed by atoms with E-state index in [0.29, 0.717) is 0 Å². The van der Waals surface area contributed by atoms with Gasteiger partial charge >= 0.3 is 0 Å². The first-order valence-corrected chi connectivity index (χ1v) is 9.48. The number of hydrogen-bond donors (Lipinski definition) is 0. The molecule has 0 fully saturated rings. The second-order valence-electron chi connectivity index (χ2n) is 6.83. The molecule has 0 spiro atoms. The van der Waals surface area contributed by atoms with Crippen molar-refractivity contribution in [3.05, 3.63) is 82.5 Å². The third kappa shape index (κ3) is 3.23. The lowest BCUT2D eigenvalue weighted by Gasteiger charge is -2.34. The Morgan fingerprint density at radius 3 is 2.44 bits per heavy atom. The van der Waals surface area contributed by atoms with Gasteiger partial charge in [0.2, 0.25) is 0 Å². The Labute approximate surface area is 154 Å². The van der Waals surface area contributed by atoms with Gasteiger partial charge in [-0.2, -0.15) is 0 Å². The fourth-order valence-electron chi connectivity index (χ4n) is 3.90. The van der Waals surface area contributed by atoms with Crippen LogP contribution in [0.25, 0.3) is 0 Å². The van der Waals surface area contributed by atoms with Gasteiger partial charge in [0.1, 0.15) is 6.17 Å². The molecule has 0 radical (unpaired) electrons. The Kier molecular flexibility index (Phi) is 4.63. The molecule has 1 aliphatic carbocycles. The van der Waals surface area contributed by atoms with E-state index in [2.05, 4.69) is 60.4 Å². The minimum atomic E-state index is 0.0613. The molecule has 2 aliphatic rings. The number of hydrogen-bond acceptors (Lipinski definition) is 2. The molecule has 25 heavy (non-hydrogen) atoms. The molecule has 4 rings (SSSR count). The predicted molar refractivity (Wildman–Crippen MR) is 105 cm³/mol. The zero-order valence-corrected chi connectivity index (χ0v) is 15.3. The summed E-state index contributed by atoms with van der Waals surface area (Å²) in [7, 11) is 0. The Hall–Kier alpha value is -2.06. The van der Waals surface area contributed by atoms with E-state index in [9.17, 15) is 0 Å². The fourth-order valence-corrected chi connectivity index (χ4v) is 4.03. The first-order valence-electron chi connectivity index (χ1n) is 9.10. The van der Waals surface area contributed by atoms with Crippen molar-refractivity contribution in [3.63, 3.8) is 0 Å². The monoisotopic (exact) mass is 350 g/mol.